The van der Waals surface area contributed by atoms with Gasteiger partial charge in [0.15, 0.2) is 0 Å². The summed E-state index contributed by atoms with van der Waals surface area (Å²) in [6.07, 6.45) is 3.22. The second-order valence-electron chi connectivity index (χ2n) is 4.49. The van der Waals surface area contributed by atoms with E-state index in [-0.39, 0.29) is 5.92 Å². The molecule has 0 aliphatic heterocycles. The van der Waals surface area contributed by atoms with Crippen molar-refractivity contribution in [3.63, 3.8) is 0 Å². The van der Waals surface area contributed by atoms with Crippen LogP contribution in [0.5, 0.6) is 0 Å². The van der Waals surface area contributed by atoms with Crippen LogP contribution in [0.25, 0.3) is 11.0 Å². The minimum Gasteiger partial charge on any atom is -0.386 e. The van der Waals surface area contributed by atoms with E-state index in [0.717, 1.165) is 23.9 Å². The Hall–Kier alpha value is -1.48. The number of benzene rings is 1. The van der Waals surface area contributed by atoms with Crippen LogP contribution in [0.15, 0.2) is 30.5 Å². The topological polar surface area (TPSA) is 46.0 Å². The number of fused-ring (bicyclic) bond motifs is 1. The monoisotopic (exact) mass is 230 g/mol. The molecular weight excluding hydrogens is 212 g/mol. The second-order valence-corrected chi connectivity index (χ2v) is 4.49. The summed E-state index contributed by atoms with van der Waals surface area (Å²) >= 11 is 0. The number of aliphatic hydroxyl groups is 1. The first-order chi connectivity index (χ1) is 8.22. The number of hydrogen-bond donors (Lipinski definition) is 1. The van der Waals surface area contributed by atoms with Gasteiger partial charge in [-0.25, -0.2) is 4.98 Å². The second kappa shape index (κ2) is 5.23. The lowest BCUT2D eigenvalue weighted by molar-refractivity contribution is 0.108. The van der Waals surface area contributed by atoms with Gasteiger partial charge in [-0.15, -0.1) is 0 Å². The molecule has 0 radical (unpaired) electrons. The third-order valence-corrected chi connectivity index (χ3v) is 3.05. The highest BCUT2D eigenvalue weighted by molar-refractivity contribution is 5.73. The SMILES string of the molecule is CCCC(C)C(O)c1cnc2ccccc2n1. The summed E-state index contributed by atoms with van der Waals surface area (Å²) in [5, 5.41) is 10.2. The molecule has 2 rings (SSSR count). The van der Waals surface area contributed by atoms with Crippen LogP contribution in [0, 0.1) is 5.92 Å². The molecule has 0 bridgehead atoms. The summed E-state index contributed by atoms with van der Waals surface area (Å²) in [7, 11) is 0. The average Bonchev–Trinajstić information content (AvgIpc) is 2.37. The molecule has 1 aromatic heterocycles. The third kappa shape index (κ3) is 2.61. The Labute approximate surface area is 102 Å². The minimum atomic E-state index is -0.521. The maximum Gasteiger partial charge on any atom is 0.100 e. The van der Waals surface area contributed by atoms with Gasteiger partial charge in [-0.2, -0.15) is 0 Å². The maximum absolute atomic E-state index is 10.2. The van der Waals surface area contributed by atoms with Gasteiger partial charge in [0, 0.05) is 0 Å². The number of aromatic nitrogens is 2. The molecule has 90 valence electrons. The van der Waals surface area contributed by atoms with E-state index in [4.69, 9.17) is 0 Å². The summed E-state index contributed by atoms with van der Waals surface area (Å²) in [6.45, 7) is 4.17. The number of nitrogens with zero attached hydrogens (tertiary/aromatic N) is 2. The molecule has 2 aromatic rings. The van der Waals surface area contributed by atoms with Crippen molar-refractivity contribution >= 4 is 11.0 Å². The lowest BCUT2D eigenvalue weighted by Crippen LogP contribution is -2.11. The summed E-state index contributed by atoms with van der Waals surface area (Å²) in [5.41, 5.74) is 2.38. The largest absolute Gasteiger partial charge is 0.386 e. The fourth-order valence-electron chi connectivity index (χ4n) is 2.02. The lowest BCUT2D eigenvalue weighted by atomic mass is 9.97. The zero-order valence-corrected chi connectivity index (χ0v) is 10.3. The van der Waals surface area contributed by atoms with Crippen molar-refractivity contribution in [2.75, 3.05) is 0 Å². The highest BCUT2D eigenvalue weighted by Crippen LogP contribution is 2.24. The third-order valence-electron chi connectivity index (χ3n) is 3.05. The smallest absolute Gasteiger partial charge is 0.100 e. The van der Waals surface area contributed by atoms with Crippen LogP contribution in [0.4, 0.5) is 0 Å². The maximum atomic E-state index is 10.2. The molecule has 17 heavy (non-hydrogen) atoms. The summed E-state index contributed by atoms with van der Waals surface area (Å²) < 4.78 is 0. The Bertz CT molecular complexity index is 498. The molecule has 2 unspecified atom stereocenters. The Morgan fingerprint density at radius 3 is 2.65 bits per heavy atom. The van der Waals surface area contributed by atoms with Crippen LogP contribution in [0.2, 0.25) is 0 Å². The van der Waals surface area contributed by atoms with E-state index in [0.29, 0.717) is 5.69 Å². The van der Waals surface area contributed by atoms with Crippen molar-refractivity contribution < 1.29 is 5.11 Å². The van der Waals surface area contributed by atoms with Crippen molar-refractivity contribution in [1.29, 1.82) is 0 Å². The Balaban J connectivity index is 2.29. The van der Waals surface area contributed by atoms with Crippen LogP contribution in [0.1, 0.15) is 38.5 Å². The number of rotatable bonds is 4. The predicted molar refractivity (Wildman–Crippen MR) is 68.6 cm³/mol. The Kier molecular flexibility index (Phi) is 3.69. The molecule has 1 heterocycles. The van der Waals surface area contributed by atoms with Gasteiger partial charge in [-0.1, -0.05) is 32.4 Å². The fraction of sp³-hybridized carbons (Fsp3) is 0.429. The molecule has 0 saturated heterocycles. The molecule has 0 aliphatic carbocycles. The van der Waals surface area contributed by atoms with Crippen LogP contribution in [-0.4, -0.2) is 15.1 Å². The molecule has 0 amide bonds. The molecule has 3 nitrogen and oxygen atoms in total. The Morgan fingerprint density at radius 2 is 1.94 bits per heavy atom. The quantitative estimate of drug-likeness (QED) is 0.877. The normalized spacial score (nSPS) is 14.8. The van der Waals surface area contributed by atoms with Gasteiger partial charge in [-0.3, -0.25) is 4.98 Å². The Morgan fingerprint density at radius 1 is 1.24 bits per heavy atom. The van der Waals surface area contributed by atoms with Crippen LogP contribution in [0.3, 0.4) is 0 Å². The fourth-order valence-corrected chi connectivity index (χ4v) is 2.02. The van der Waals surface area contributed by atoms with Crippen LogP contribution >= 0.6 is 0 Å². The number of para-hydroxylation sites is 2. The molecule has 1 aromatic carbocycles. The van der Waals surface area contributed by atoms with Crippen molar-refractivity contribution in [2.45, 2.75) is 32.8 Å². The van der Waals surface area contributed by atoms with Gasteiger partial charge in [0.05, 0.1) is 22.9 Å². The van der Waals surface area contributed by atoms with Crippen LogP contribution < -0.4 is 0 Å². The predicted octanol–water partition coefficient (Wildman–Crippen LogP) is 3.10. The van der Waals surface area contributed by atoms with Crippen molar-refractivity contribution in [1.82, 2.24) is 9.97 Å². The van der Waals surface area contributed by atoms with E-state index in [2.05, 4.69) is 16.9 Å². The van der Waals surface area contributed by atoms with Gasteiger partial charge < -0.3 is 5.11 Å². The van der Waals surface area contributed by atoms with Crippen molar-refractivity contribution in [3.8, 4) is 0 Å². The van der Waals surface area contributed by atoms with Gasteiger partial charge in [-0.05, 0) is 24.5 Å². The van der Waals surface area contributed by atoms with Gasteiger partial charge in [0.2, 0.25) is 0 Å². The van der Waals surface area contributed by atoms with Gasteiger partial charge >= 0.3 is 0 Å². The highest BCUT2D eigenvalue weighted by Gasteiger charge is 2.17. The first-order valence-electron chi connectivity index (χ1n) is 6.12. The molecule has 0 spiro atoms. The first kappa shape index (κ1) is 12.0. The highest BCUT2D eigenvalue weighted by atomic mass is 16.3. The average molecular weight is 230 g/mol. The van der Waals surface area contributed by atoms with E-state index >= 15 is 0 Å². The van der Waals surface area contributed by atoms with E-state index in [1.54, 1.807) is 6.20 Å². The first-order valence-corrected chi connectivity index (χ1v) is 6.12. The van der Waals surface area contributed by atoms with Gasteiger partial charge in [0.1, 0.15) is 6.10 Å². The summed E-state index contributed by atoms with van der Waals surface area (Å²) in [6, 6.07) is 7.71. The van der Waals surface area contributed by atoms with Gasteiger partial charge in [0.25, 0.3) is 0 Å². The zero-order chi connectivity index (χ0) is 12.3. The number of aliphatic hydroxyl groups excluding tert-OH is 1. The van der Waals surface area contributed by atoms with E-state index in [1.807, 2.05) is 31.2 Å². The molecule has 2 atom stereocenters. The summed E-state index contributed by atoms with van der Waals surface area (Å²) in [4.78, 5) is 8.79. The molecule has 3 heteroatoms. The van der Waals surface area contributed by atoms with E-state index in [9.17, 15) is 5.11 Å². The van der Waals surface area contributed by atoms with E-state index < -0.39 is 6.10 Å². The summed E-state index contributed by atoms with van der Waals surface area (Å²) in [5.74, 6) is 0.218. The molecular formula is C14H18N2O. The molecule has 0 aliphatic rings. The lowest BCUT2D eigenvalue weighted by Gasteiger charge is -2.17. The zero-order valence-electron chi connectivity index (χ0n) is 10.3. The van der Waals surface area contributed by atoms with E-state index in [1.165, 1.54) is 0 Å². The molecule has 1 N–H and O–H groups in total. The van der Waals surface area contributed by atoms with Crippen molar-refractivity contribution in [3.05, 3.63) is 36.2 Å². The molecule has 0 fully saturated rings. The van der Waals surface area contributed by atoms with Crippen LogP contribution in [-0.2, 0) is 0 Å². The standard InChI is InChI=1S/C14H18N2O/c1-3-6-10(2)14(17)13-9-15-11-7-4-5-8-12(11)16-13/h4-5,7-10,14,17H,3,6H2,1-2H3. The number of hydrogen-bond acceptors (Lipinski definition) is 3. The minimum absolute atomic E-state index is 0.218. The van der Waals surface area contributed by atoms with Crippen molar-refractivity contribution in [2.24, 2.45) is 5.92 Å². The molecule has 0 saturated carbocycles.